The van der Waals surface area contributed by atoms with Crippen molar-refractivity contribution < 1.29 is 4.79 Å². The van der Waals surface area contributed by atoms with E-state index in [1.54, 1.807) is 23.8 Å². The molecule has 1 aliphatic rings. The van der Waals surface area contributed by atoms with Gasteiger partial charge in [-0.05, 0) is 49.1 Å². The molecule has 0 bridgehead atoms. The predicted molar refractivity (Wildman–Crippen MR) is 105 cm³/mol. The summed E-state index contributed by atoms with van der Waals surface area (Å²) in [6, 6.07) is 9.71. The average Bonchev–Trinajstić information content (AvgIpc) is 3.33. The van der Waals surface area contributed by atoms with Crippen molar-refractivity contribution in [3.8, 4) is 11.4 Å². The number of amides is 1. The fourth-order valence-corrected chi connectivity index (χ4v) is 3.72. The van der Waals surface area contributed by atoms with Crippen LogP contribution in [-0.4, -0.2) is 47.5 Å². The number of hydrogen-bond acceptors (Lipinski definition) is 6. The minimum Gasteiger partial charge on any atom is -0.354 e. The Morgan fingerprint density at radius 2 is 2.00 bits per heavy atom. The molecule has 0 aromatic carbocycles. The first-order valence-corrected chi connectivity index (χ1v) is 9.46. The molecular weight excluding hydrogens is 368 g/mol. The second kappa shape index (κ2) is 6.47. The number of fused-ring (bicyclic) bond motifs is 1. The van der Waals surface area contributed by atoms with E-state index in [0.717, 1.165) is 40.5 Å². The Labute approximate surface area is 166 Å². The summed E-state index contributed by atoms with van der Waals surface area (Å²) in [5.41, 5.74) is 5.12. The van der Waals surface area contributed by atoms with E-state index >= 15 is 0 Å². The molecule has 0 radical (unpaired) electrons. The summed E-state index contributed by atoms with van der Waals surface area (Å²) in [4.78, 5) is 15.9. The summed E-state index contributed by atoms with van der Waals surface area (Å²) in [6.45, 7) is 1.88. The summed E-state index contributed by atoms with van der Waals surface area (Å²) in [5.74, 6) is 1.30. The lowest BCUT2D eigenvalue weighted by atomic mass is 10.1. The number of rotatable bonds is 4. The van der Waals surface area contributed by atoms with Gasteiger partial charge in [-0.15, -0.1) is 10.2 Å². The fraction of sp³-hybridized carbons (Fsp3) is 0.300. The molecule has 0 aliphatic heterocycles. The number of pyridine rings is 1. The molecule has 4 aromatic heterocycles. The first-order chi connectivity index (χ1) is 14.0. The third-order valence-corrected chi connectivity index (χ3v) is 5.42. The van der Waals surface area contributed by atoms with Crippen LogP contribution in [0.25, 0.3) is 17.0 Å². The lowest BCUT2D eigenvalue weighted by Crippen LogP contribution is -2.19. The topological polar surface area (TPSA) is 103 Å². The van der Waals surface area contributed by atoms with E-state index < -0.39 is 0 Å². The summed E-state index contributed by atoms with van der Waals surface area (Å²) in [5, 5.41) is 20.1. The molecule has 2 unspecified atom stereocenters. The first-order valence-electron chi connectivity index (χ1n) is 9.46. The molecule has 5 rings (SSSR count). The zero-order valence-corrected chi connectivity index (χ0v) is 16.4. The molecule has 0 spiro atoms. The monoisotopic (exact) mass is 388 g/mol. The van der Waals surface area contributed by atoms with Gasteiger partial charge in [-0.2, -0.15) is 14.7 Å². The number of carbonyl (C=O) groups excluding carboxylic acids is 1. The number of aryl methyl sites for hydroxylation is 2. The highest BCUT2D eigenvalue weighted by molar-refractivity contribution is 5.91. The van der Waals surface area contributed by atoms with Crippen LogP contribution in [0.1, 0.15) is 45.8 Å². The van der Waals surface area contributed by atoms with E-state index in [2.05, 4.69) is 31.7 Å². The van der Waals surface area contributed by atoms with Gasteiger partial charge in [-0.25, -0.2) is 0 Å². The Bertz CT molecular complexity index is 1220. The molecule has 4 aromatic rings. The number of carbonyl (C=O) groups is 1. The van der Waals surface area contributed by atoms with Gasteiger partial charge >= 0.3 is 0 Å². The van der Waals surface area contributed by atoms with E-state index in [9.17, 15) is 4.79 Å². The number of nitrogens with zero attached hydrogens (tertiary/aromatic N) is 7. The number of aromatic nitrogens is 7. The van der Waals surface area contributed by atoms with Crippen molar-refractivity contribution in [2.24, 2.45) is 7.05 Å². The van der Waals surface area contributed by atoms with Gasteiger partial charge < -0.3 is 5.32 Å². The van der Waals surface area contributed by atoms with E-state index in [1.807, 2.05) is 36.9 Å². The van der Waals surface area contributed by atoms with Crippen molar-refractivity contribution in [3.63, 3.8) is 0 Å². The second-order valence-corrected chi connectivity index (χ2v) is 7.32. The summed E-state index contributed by atoms with van der Waals surface area (Å²) >= 11 is 0. The van der Waals surface area contributed by atoms with Crippen LogP contribution in [0, 0.1) is 6.92 Å². The standard InChI is InChI=1S/C20H20N8O/c1-11-23-24-19-7-6-15(26-28(11)19)18-9-17(25-27(18)3)14-8-13(14)12-4-5-16(22-10-12)20(29)21-2/h4-7,9-10,13-14H,8H2,1-3H3,(H,21,29). The lowest BCUT2D eigenvalue weighted by Gasteiger charge is -2.01. The highest BCUT2D eigenvalue weighted by Crippen LogP contribution is 2.54. The van der Waals surface area contributed by atoms with Crippen molar-refractivity contribution in [1.82, 2.24) is 39.9 Å². The minimum atomic E-state index is -0.175. The van der Waals surface area contributed by atoms with Crippen LogP contribution in [-0.2, 0) is 7.05 Å². The predicted octanol–water partition coefficient (Wildman–Crippen LogP) is 1.86. The second-order valence-electron chi connectivity index (χ2n) is 7.32. The molecule has 0 saturated heterocycles. The molecule has 1 fully saturated rings. The van der Waals surface area contributed by atoms with Crippen LogP contribution in [0.3, 0.4) is 0 Å². The van der Waals surface area contributed by atoms with Crippen molar-refractivity contribution in [2.45, 2.75) is 25.2 Å². The van der Waals surface area contributed by atoms with Gasteiger partial charge in [0.05, 0.1) is 11.4 Å². The SMILES string of the molecule is CNC(=O)c1ccc(C2CC2c2cc(-c3ccc4nnc(C)n4n3)n(C)n2)cn1. The first kappa shape index (κ1) is 17.5. The Hall–Kier alpha value is -3.62. The molecule has 1 amide bonds. The van der Waals surface area contributed by atoms with Gasteiger partial charge in [0.15, 0.2) is 11.5 Å². The third kappa shape index (κ3) is 2.95. The van der Waals surface area contributed by atoms with E-state index in [-0.39, 0.29) is 5.91 Å². The van der Waals surface area contributed by atoms with E-state index in [4.69, 9.17) is 5.10 Å². The molecular formula is C20H20N8O. The van der Waals surface area contributed by atoms with Crippen LogP contribution in [0.2, 0.25) is 0 Å². The quantitative estimate of drug-likeness (QED) is 0.572. The van der Waals surface area contributed by atoms with E-state index in [1.165, 1.54) is 0 Å². The Morgan fingerprint density at radius 1 is 1.14 bits per heavy atom. The molecule has 1 aliphatic carbocycles. The molecule has 29 heavy (non-hydrogen) atoms. The Kier molecular flexibility index (Phi) is 3.90. The summed E-state index contributed by atoms with van der Waals surface area (Å²) < 4.78 is 3.60. The van der Waals surface area contributed by atoms with Gasteiger partial charge in [0, 0.05) is 26.2 Å². The van der Waals surface area contributed by atoms with Crippen LogP contribution in [0.5, 0.6) is 0 Å². The molecule has 1 N–H and O–H groups in total. The number of nitrogens with one attached hydrogen (secondary N) is 1. The maximum absolute atomic E-state index is 11.7. The van der Waals surface area contributed by atoms with Crippen LogP contribution in [0.4, 0.5) is 0 Å². The fourth-order valence-electron chi connectivity index (χ4n) is 3.72. The highest BCUT2D eigenvalue weighted by atomic mass is 16.1. The van der Waals surface area contributed by atoms with Crippen LogP contribution >= 0.6 is 0 Å². The van der Waals surface area contributed by atoms with Gasteiger partial charge in [0.1, 0.15) is 11.4 Å². The minimum absolute atomic E-state index is 0.175. The van der Waals surface area contributed by atoms with Gasteiger partial charge in [0.25, 0.3) is 5.91 Å². The molecule has 9 heteroatoms. The molecule has 4 heterocycles. The van der Waals surface area contributed by atoms with Crippen LogP contribution < -0.4 is 5.32 Å². The highest BCUT2D eigenvalue weighted by Gasteiger charge is 2.41. The van der Waals surface area contributed by atoms with Crippen LogP contribution in [0.15, 0.2) is 36.5 Å². The Morgan fingerprint density at radius 3 is 2.76 bits per heavy atom. The Balaban J connectivity index is 1.39. The average molecular weight is 388 g/mol. The molecule has 146 valence electrons. The lowest BCUT2D eigenvalue weighted by molar-refractivity contribution is 0.0958. The summed E-state index contributed by atoms with van der Waals surface area (Å²) in [7, 11) is 3.53. The largest absolute Gasteiger partial charge is 0.354 e. The molecule has 2 atom stereocenters. The smallest absolute Gasteiger partial charge is 0.269 e. The van der Waals surface area contributed by atoms with Crippen molar-refractivity contribution in [1.29, 1.82) is 0 Å². The zero-order chi connectivity index (χ0) is 20.1. The molecule has 1 saturated carbocycles. The van der Waals surface area contributed by atoms with Crippen molar-refractivity contribution >= 4 is 11.6 Å². The van der Waals surface area contributed by atoms with Crippen molar-refractivity contribution in [3.05, 3.63) is 59.3 Å². The third-order valence-electron chi connectivity index (χ3n) is 5.42. The van der Waals surface area contributed by atoms with E-state index in [0.29, 0.717) is 17.5 Å². The maximum atomic E-state index is 11.7. The summed E-state index contributed by atoms with van der Waals surface area (Å²) in [6.07, 6.45) is 2.82. The van der Waals surface area contributed by atoms with Gasteiger partial charge in [0.2, 0.25) is 0 Å². The molecule has 9 nitrogen and oxygen atoms in total. The maximum Gasteiger partial charge on any atom is 0.269 e. The zero-order valence-electron chi connectivity index (χ0n) is 16.4. The normalized spacial score (nSPS) is 18.2. The number of hydrogen-bond donors (Lipinski definition) is 1. The van der Waals surface area contributed by atoms with Gasteiger partial charge in [-0.1, -0.05) is 6.07 Å². The van der Waals surface area contributed by atoms with Crippen molar-refractivity contribution in [2.75, 3.05) is 7.05 Å². The van der Waals surface area contributed by atoms with Gasteiger partial charge in [-0.3, -0.25) is 14.5 Å².